The van der Waals surface area contributed by atoms with Crippen molar-refractivity contribution in [2.75, 3.05) is 7.11 Å². The van der Waals surface area contributed by atoms with Crippen molar-refractivity contribution in [2.24, 2.45) is 0 Å². The van der Waals surface area contributed by atoms with E-state index in [-0.39, 0.29) is 0 Å². The summed E-state index contributed by atoms with van der Waals surface area (Å²) in [7, 11) is 1.62. The lowest BCUT2D eigenvalue weighted by atomic mass is 10.2. The number of pyridine rings is 1. The average molecular weight is 176 g/mol. The number of ether oxygens (including phenoxy) is 1. The van der Waals surface area contributed by atoms with Crippen LogP contribution in [0.3, 0.4) is 0 Å². The maximum Gasteiger partial charge on any atom is 0.264 e. The molecule has 0 aliphatic carbocycles. The van der Waals surface area contributed by atoms with E-state index in [1.54, 1.807) is 19.4 Å². The van der Waals surface area contributed by atoms with Crippen molar-refractivity contribution in [2.45, 2.75) is 0 Å². The summed E-state index contributed by atoms with van der Waals surface area (Å²) < 4.78 is 6.16. The van der Waals surface area contributed by atoms with Crippen LogP contribution in [0.15, 0.2) is 36.5 Å². The molecule has 1 aromatic carbocycles. The zero-order valence-corrected chi connectivity index (χ0v) is 7.27. The number of methoxy groups -OCH3 is 1. The number of nitrogens with zero attached hydrogens (tertiary/aromatic N) is 1. The fourth-order valence-corrected chi connectivity index (χ4v) is 1.31. The molecule has 0 fully saturated rings. The Hall–Kier alpha value is -1.77. The Kier molecular flexibility index (Phi) is 1.77. The molecule has 0 aliphatic heterocycles. The Labute approximate surface area is 75.8 Å². The molecule has 0 saturated heterocycles. The molecule has 0 amide bonds. The fourth-order valence-electron chi connectivity index (χ4n) is 1.31. The largest absolute Gasteiger partial charge is 0.497 e. The smallest absolute Gasteiger partial charge is 0.264 e. The molecule has 66 valence electrons. The highest BCUT2D eigenvalue weighted by atomic mass is 16.5. The molecule has 0 unspecified atom stereocenters. The second-order valence-corrected chi connectivity index (χ2v) is 2.78. The van der Waals surface area contributed by atoms with Gasteiger partial charge in [0.25, 0.3) is 5.52 Å². The first-order chi connectivity index (χ1) is 6.31. The van der Waals surface area contributed by atoms with Gasteiger partial charge in [-0.3, -0.25) is 5.21 Å². The van der Waals surface area contributed by atoms with E-state index in [9.17, 15) is 5.21 Å². The highest BCUT2D eigenvalue weighted by Crippen LogP contribution is 2.17. The van der Waals surface area contributed by atoms with Crippen LogP contribution in [0.2, 0.25) is 0 Å². The second-order valence-electron chi connectivity index (χ2n) is 2.78. The molecule has 0 radical (unpaired) electrons. The van der Waals surface area contributed by atoms with E-state index in [1.165, 1.54) is 0 Å². The Balaban J connectivity index is 2.72. The summed E-state index contributed by atoms with van der Waals surface area (Å²) in [5.74, 6) is 0.790. The quantitative estimate of drug-likeness (QED) is 0.526. The molecule has 13 heavy (non-hydrogen) atoms. The third kappa shape index (κ3) is 1.28. The van der Waals surface area contributed by atoms with Gasteiger partial charge in [0.2, 0.25) is 6.20 Å². The van der Waals surface area contributed by atoms with Gasteiger partial charge >= 0.3 is 0 Å². The molecular formula is C10H10NO2+. The Morgan fingerprint density at radius 2 is 2.15 bits per heavy atom. The van der Waals surface area contributed by atoms with Crippen LogP contribution >= 0.6 is 0 Å². The van der Waals surface area contributed by atoms with E-state index in [1.807, 2.05) is 24.3 Å². The summed E-state index contributed by atoms with van der Waals surface area (Å²) in [6, 6.07) is 9.21. The molecule has 1 N–H and O–H groups in total. The third-order valence-electron chi connectivity index (χ3n) is 1.98. The van der Waals surface area contributed by atoms with Gasteiger partial charge in [0.1, 0.15) is 5.75 Å². The first-order valence-electron chi connectivity index (χ1n) is 3.99. The molecule has 0 aliphatic rings. The minimum Gasteiger partial charge on any atom is -0.497 e. The minimum atomic E-state index is 0.767. The lowest BCUT2D eigenvalue weighted by molar-refractivity contribution is -0.884. The summed E-state index contributed by atoms with van der Waals surface area (Å²) in [6.07, 6.45) is 1.59. The van der Waals surface area contributed by atoms with Crippen LogP contribution < -0.4 is 9.47 Å². The topological polar surface area (TPSA) is 33.3 Å². The van der Waals surface area contributed by atoms with Gasteiger partial charge in [0.15, 0.2) is 0 Å². The van der Waals surface area contributed by atoms with E-state index in [0.717, 1.165) is 21.4 Å². The first-order valence-corrected chi connectivity index (χ1v) is 3.99. The molecule has 0 saturated carbocycles. The van der Waals surface area contributed by atoms with Crippen LogP contribution in [-0.2, 0) is 0 Å². The Morgan fingerprint density at radius 1 is 1.31 bits per heavy atom. The maximum absolute atomic E-state index is 9.41. The van der Waals surface area contributed by atoms with Crippen LogP contribution in [-0.4, -0.2) is 12.3 Å². The highest BCUT2D eigenvalue weighted by molar-refractivity contribution is 5.76. The van der Waals surface area contributed by atoms with Crippen LogP contribution in [0.25, 0.3) is 10.9 Å². The van der Waals surface area contributed by atoms with Crippen molar-refractivity contribution in [1.29, 1.82) is 0 Å². The SMILES string of the molecule is COc1ccc2c(ccc[n+]2O)c1. The highest BCUT2D eigenvalue weighted by Gasteiger charge is 2.06. The first kappa shape index (κ1) is 7.86. The van der Waals surface area contributed by atoms with Crippen molar-refractivity contribution in [3.8, 4) is 5.75 Å². The molecule has 2 aromatic rings. The number of hydrogen-bond acceptors (Lipinski definition) is 2. The molecule has 0 spiro atoms. The molecular weight excluding hydrogens is 166 g/mol. The van der Waals surface area contributed by atoms with Crippen LogP contribution in [0, 0.1) is 0 Å². The van der Waals surface area contributed by atoms with Gasteiger partial charge in [-0.15, -0.1) is 0 Å². The molecule has 0 bridgehead atoms. The third-order valence-corrected chi connectivity index (χ3v) is 1.98. The number of rotatable bonds is 1. The zero-order chi connectivity index (χ0) is 9.26. The summed E-state index contributed by atoms with van der Waals surface area (Å²) in [6.45, 7) is 0. The average Bonchev–Trinajstić information content (AvgIpc) is 2.18. The predicted octanol–water partition coefficient (Wildman–Crippen LogP) is 1.37. The van der Waals surface area contributed by atoms with Crippen molar-refractivity contribution in [3.05, 3.63) is 36.5 Å². The summed E-state index contributed by atoms with van der Waals surface area (Å²) >= 11 is 0. The standard InChI is InChI=1S/C10H10NO2/c1-13-9-4-5-10-8(7-9)3-2-6-11(10)12/h2-7,12H,1H3/q+1. The molecule has 3 nitrogen and oxygen atoms in total. The van der Waals surface area contributed by atoms with E-state index in [2.05, 4.69) is 0 Å². The van der Waals surface area contributed by atoms with Gasteiger partial charge in [0.05, 0.1) is 12.5 Å². The summed E-state index contributed by atoms with van der Waals surface area (Å²) in [5, 5.41) is 10.4. The molecule has 1 heterocycles. The second kappa shape index (κ2) is 2.94. The van der Waals surface area contributed by atoms with Crippen LogP contribution in [0.1, 0.15) is 0 Å². The van der Waals surface area contributed by atoms with Crippen molar-refractivity contribution >= 4 is 10.9 Å². The monoisotopic (exact) mass is 176 g/mol. The van der Waals surface area contributed by atoms with E-state index in [4.69, 9.17) is 4.74 Å². The van der Waals surface area contributed by atoms with Gasteiger partial charge in [-0.05, 0) is 18.2 Å². The van der Waals surface area contributed by atoms with Gasteiger partial charge < -0.3 is 4.74 Å². The Bertz CT molecular complexity index is 440. The molecule has 0 atom stereocenters. The van der Waals surface area contributed by atoms with Crippen molar-refractivity contribution in [3.63, 3.8) is 0 Å². The van der Waals surface area contributed by atoms with Gasteiger partial charge in [-0.2, -0.15) is 0 Å². The van der Waals surface area contributed by atoms with Gasteiger partial charge in [0, 0.05) is 16.9 Å². The van der Waals surface area contributed by atoms with Gasteiger partial charge in [-0.1, -0.05) is 0 Å². The Morgan fingerprint density at radius 3 is 2.92 bits per heavy atom. The number of aromatic nitrogens is 1. The van der Waals surface area contributed by atoms with Crippen LogP contribution in [0.4, 0.5) is 0 Å². The maximum atomic E-state index is 9.41. The van der Waals surface area contributed by atoms with E-state index < -0.39 is 0 Å². The molecule has 1 aromatic heterocycles. The summed E-state index contributed by atoms with van der Waals surface area (Å²) in [4.78, 5) is 0. The van der Waals surface area contributed by atoms with E-state index >= 15 is 0 Å². The summed E-state index contributed by atoms with van der Waals surface area (Å²) in [5.41, 5.74) is 0.767. The lowest BCUT2D eigenvalue weighted by Gasteiger charge is -1.98. The van der Waals surface area contributed by atoms with Gasteiger partial charge in [-0.25, -0.2) is 0 Å². The predicted molar refractivity (Wildman–Crippen MR) is 47.9 cm³/mol. The van der Waals surface area contributed by atoms with E-state index in [0.29, 0.717) is 0 Å². The van der Waals surface area contributed by atoms with Crippen molar-refractivity contribution < 1.29 is 14.7 Å². The fraction of sp³-hybridized carbons (Fsp3) is 0.100. The number of benzene rings is 1. The minimum absolute atomic E-state index is 0.767. The molecule has 2 rings (SSSR count). The van der Waals surface area contributed by atoms with Crippen molar-refractivity contribution in [1.82, 2.24) is 0 Å². The molecule has 3 heteroatoms. The number of fused-ring (bicyclic) bond motifs is 1. The lowest BCUT2D eigenvalue weighted by Crippen LogP contribution is -2.29. The number of hydrogen-bond donors (Lipinski definition) is 1. The normalized spacial score (nSPS) is 10.2. The van der Waals surface area contributed by atoms with Crippen LogP contribution in [0.5, 0.6) is 5.75 Å². The zero-order valence-electron chi connectivity index (χ0n) is 7.27.